The predicted octanol–water partition coefficient (Wildman–Crippen LogP) is 2.86. The Hall–Kier alpha value is -1.41. The van der Waals surface area contributed by atoms with Crippen LogP contribution in [0.3, 0.4) is 0 Å². The molecule has 140 valence electrons. The van der Waals surface area contributed by atoms with E-state index in [1.807, 2.05) is 20.8 Å². The molecule has 0 bridgehead atoms. The van der Waals surface area contributed by atoms with Crippen LogP contribution in [0.25, 0.3) is 0 Å². The highest BCUT2D eigenvalue weighted by Crippen LogP contribution is 2.23. The van der Waals surface area contributed by atoms with Crippen LogP contribution in [0.5, 0.6) is 0 Å². The Morgan fingerprint density at radius 3 is 2.44 bits per heavy atom. The van der Waals surface area contributed by atoms with E-state index in [1.165, 1.54) is 6.07 Å². The van der Waals surface area contributed by atoms with E-state index in [1.54, 1.807) is 11.8 Å². The number of likely N-dealkylation sites (tertiary alicyclic amines) is 1. The molecule has 1 fully saturated rings. The molecule has 1 aromatic heterocycles. The Morgan fingerprint density at radius 1 is 1.32 bits per heavy atom. The van der Waals surface area contributed by atoms with Crippen LogP contribution in [0, 0.1) is 12.8 Å². The monoisotopic (exact) mass is 389 g/mol. The van der Waals surface area contributed by atoms with Gasteiger partial charge in [0.1, 0.15) is 10.8 Å². The Kier molecular flexibility index (Phi) is 5.93. The molecule has 1 aliphatic rings. The van der Waals surface area contributed by atoms with E-state index in [-0.39, 0.29) is 28.1 Å². The minimum atomic E-state index is -3.61. The number of carbonyl (C=O) groups excluding carboxylic acids is 1. The van der Waals surface area contributed by atoms with E-state index in [2.05, 4.69) is 9.97 Å². The lowest BCUT2D eigenvalue weighted by atomic mass is 9.99. The summed E-state index contributed by atoms with van der Waals surface area (Å²) in [5.74, 6) is -0.0962. The van der Waals surface area contributed by atoms with E-state index in [9.17, 15) is 13.2 Å². The fourth-order valence-electron chi connectivity index (χ4n) is 2.64. The van der Waals surface area contributed by atoms with Gasteiger partial charge in [0.2, 0.25) is 15.0 Å². The van der Waals surface area contributed by atoms with Gasteiger partial charge in [-0.15, -0.1) is 0 Å². The summed E-state index contributed by atoms with van der Waals surface area (Å²) >= 11 is 5.83. The van der Waals surface area contributed by atoms with E-state index in [0.29, 0.717) is 31.6 Å². The molecule has 0 atom stereocenters. The Balaban J connectivity index is 1.96. The van der Waals surface area contributed by atoms with E-state index >= 15 is 0 Å². The fourth-order valence-corrected chi connectivity index (χ4v) is 4.55. The lowest BCUT2D eigenvalue weighted by Crippen LogP contribution is -2.42. The van der Waals surface area contributed by atoms with Crippen molar-refractivity contribution in [1.82, 2.24) is 14.9 Å². The van der Waals surface area contributed by atoms with Crippen LogP contribution in [0.4, 0.5) is 4.79 Å². The number of hydrogen-bond donors (Lipinski definition) is 0. The number of rotatable bonds is 3. The van der Waals surface area contributed by atoms with E-state index < -0.39 is 15.4 Å². The van der Waals surface area contributed by atoms with Crippen LogP contribution >= 0.6 is 11.6 Å². The summed E-state index contributed by atoms with van der Waals surface area (Å²) in [5.41, 5.74) is -0.0303. The molecule has 25 heavy (non-hydrogen) atoms. The van der Waals surface area contributed by atoms with Crippen molar-refractivity contribution in [3.63, 3.8) is 0 Å². The van der Waals surface area contributed by atoms with Gasteiger partial charge in [-0.3, -0.25) is 0 Å². The summed E-state index contributed by atoms with van der Waals surface area (Å²) < 4.78 is 30.4. The Morgan fingerprint density at radius 2 is 1.92 bits per heavy atom. The third kappa shape index (κ3) is 5.81. The van der Waals surface area contributed by atoms with Crippen molar-refractivity contribution < 1.29 is 17.9 Å². The maximum Gasteiger partial charge on any atom is 0.410 e. The van der Waals surface area contributed by atoms with Gasteiger partial charge in [-0.1, -0.05) is 11.6 Å². The quantitative estimate of drug-likeness (QED) is 0.583. The highest BCUT2D eigenvalue weighted by Gasteiger charge is 2.30. The number of halogens is 1. The second kappa shape index (κ2) is 7.45. The van der Waals surface area contributed by atoms with Gasteiger partial charge in [0, 0.05) is 18.8 Å². The Bertz CT molecular complexity index is 718. The van der Waals surface area contributed by atoms with Crippen molar-refractivity contribution in [2.24, 2.45) is 5.92 Å². The number of aryl methyl sites for hydroxylation is 1. The number of nitrogens with zero attached hydrogens (tertiary/aromatic N) is 3. The van der Waals surface area contributed by atoms with Crippen LogP contribution < -0.4 is 0 Å². The number of amides is 1. The van der Waals surface area contributed by atoms with E-state index in [4.69, 9.17) is 16.3 Å². The van der Waals surface area contributed by atoms with Crippen molar-refractivity contribution >= 4 is 27.5 Å². The summed E-state index contributed by atoms with van der Waals surface area (Å²) in [6.07, 6.45) is 0.832. The third-order valence-electron chi connectivity index (χ3n) is 3.80. The van der Waals surface area contributed by atoms with E-state index in [0.717, 1.165) is 0 Å². The lowest BCUT2D eigenvalue weighted by Gasteiger charge is -2.33. The van der Waals surface area contributed by atoms with Crippen molar-refractivity contribution in [3.05, 3.63) is 16.9 Å². The highest BCUT2D eigenvalue weighted by molar-refractivity contribution is 7.91. The molecule has 1 saturated heterocycles. The number of hydrogen-bond acceptors (Lipinski definition) is 6. The predicted molar refractivity (Wildman–Crippen MR) is 94.4 cm³/mol. The minimum absolute atomic E-state index is 0.0467. The molecular weight excluding hydrogens is 366 g/mol. The van der Waals surface area contributed by atoms with Crippen LogP contribution in [-0.4, -0.2) is 53.8 Å². The largest absolute Gasteiger partial charge is 0.444 e. The molecule has 1 aliphatic heterocycles. The summed E-state index contributed by atoms with van der Waals surface area (Å²) in [5, 5.41) is -0.113. The Labute approximate surface area is 153 Å². The van der Waals surface area contributed by atoms with Crippen LogP contribution in [-0.2, 0) is 14.6 Å². The van der Waals surface area contributed by atoms with Gasteiger partial charge in [0.15, 0.2) is 0 Å². The highest BCUT2D eigenvalue weighted by atomic mass is 35.5. The van der Waals surface area contributed by atoms with Gasteiger partial charge in [-0.25, -0.2) is 23.2 Å². The molecule has 0 aliphatic carbocycles. The average Bonchev–Trinajstić information content (AvgIpc) is 2.44. The normalized spacial score (nSPS) is 16.8. The molecule has 1 amide bonds. The van der Waals surface area contributed by atoms with Gasteiger partial charge in [0.05, 0.1) is 5.75 Å². The standard InChI is InChI=1S/C16H24ClN3O4S/c1-11-9-13(17)19-14(18-11)25(22,23)10-12-5-7-20(8-6-12)15(21)24-16(2,3)4/h9,12H,5-8,10H2,1-4H3. The summed E-state index contributed by atoms with van der Waals surface area (Å²) in [4.78, 5) is 21.5. The minimum Gasteiger partial charge on any atom is -0.444 e. The number of piperidine rings is 1. The van der Waals surface area contributed by atoms with Crippen molar-refractivity contribution in [2.75, 3.05) is 18.8 Å². The number of sulfone groups is 1. The third-order valence-corrected chi connectivity index (χ3v) is 5.64. The molecule has 1 aromatic rings. The smallest absolute Gasteiger partial charge is 0.410 e. The first kappa shape index (κ1) is 19.9. The van der Waals surface area contributed by atoms with Gasteiger partial charge in [0.25, 0.3) is 0 Å². The number of aromatic nitrogens is 2. The van der Waals surface area contributed by atoms with Crippen molar-refractivity contribution in [2.45, 2.75) is 51.3 Å². The molecule has 0 aromatic carbocycles. The molecule has 0 spiro atoms. The zero-order chi connectivity index (χ0) is 18.8. The molecular formula is C16H24ClN3O4S. The maximum absolute atomic E-state index is 12.5. The summed E-state index contributed by atoms with van der Waals surface area (Å²) in [6.45, 7) is 8.08. The molecule has 0 saturated carbocycles. The molecule has 0 N–H and O–H groups in total. The molecule has 2 rings (SSSR count). The van der Waals surface area contributed by atoms with Crippen LogP contribution in [0.15, 0.2) is 11.2 Å². The molecule has 9 heteroatoms. The summed E-state index contributed by atoms with van der Waals surface area (Å²) in [6, 6.07) is 1.51. The molecule has 7 nitrogen and oxygen atoms in total. The van der Waals surface area contributed by atoms with Crippen molar-refractivity contribution in [1.29, 1.82) is 0 Å². The SMILES string of the molecule is Cc1cc(Cl)nc(S(=O)(=O)CC2CCN(C(=O)OC(C)(C)C)CC2)n1. The van der Waals surface area contributed by atoms with Gasteiger partial charge in [-0.05, 0) is 52.5 Å². The topological polar surface area (TPSA) is 89.5 Å². The maximum atomic E-state index is 12.5. The lowest BCUT2D eigenvalue weighted by molar-refractivity contribution is 0.0191. The van der Waals surface area contributed by atoms with Gasteiger partial charge < -0.3 is 9.64 Å². The fraction of sp³-hybridized carbons (Fsp3) is 0.688. The van der Waals surface area contributed by atoms with Crippen LogP contribution in [0.2, 0.25) is 5.15 Å². The number of ether oxygens (including phenoxy) is 1. The van der Waals surface area contributed by atoms with Crippen molar-refractivity contribution in [3.8, 4) is 0 Å². The van der Waals surface area contributed by atoms with Gasteiger partial charge >= 0.3 is 6.09 Å². The second-order valence-corrected chi connectivity index (χ2v) is 9.62. The molecule has 0 radical (unpaired) electrons. The molecule has 2 heterocycles. The summed E-state index contributed by atoms with van der Waals surface area (Å²) in [7, 11) is -3.61. The van der Waals surface area contributed by atoms with Gasteiger partial charge in [-0.2, -0.15) is 0 Å². The van der Waals surface area contributed by atoms with Crippen LogP contribution in [0.1, 0.15) is 39.3 Å². The zero-order valence-electron chi connectivity index (χ0n) is 15.0. The first-order chi connectivity index (χ1) is 11.5. The molecule has 0 unspecified atom stereocenters. The first-order valence-electron chi connectivity index (χ1n) is 8.18. The zero-order valence-corrected chi connectivity index (χ0v) is 16.5. The number of carbonyl (C=O) groups is 1. The second-order valence-electron chi connectivity index (χ2n) is 7.31. The average molecular weight is 390 g/mol. The first-order valence-corrected chi connectivity index (χ1v) is 10.2.